The van der Waals surface area contributed by atoms with Crippen molar-refractivity contribution in [3.8, 4) is 0 Å². The van der Waals surface area contributed by atoms with E-state index in [2.05, 4.69) is 48.1 Å². The summed E-state index contributed by atoms with van der Waals surface area (Å²) >= 11 is 0. The fourth-order valence-electron chi connectivity index (χ4n) is 3.18. The van der Waals surface area contributed by atoms with E-state index in [1.54, 1.807) is 0 Å². The summed E-state index contributed by atoms with van der Waals surface area (Å²) in [5.74, 6) is 0.994. The number of nitrogens with zero attached hydrogens (tertiary/aromatic N) is 3. The summed E-state index contributed by atoms with van der Waals surface area (Å²) in [6, 6.07) is 0.568. The molecule has 0 spiro atoms. The molecule has 24 heavy (non-hydrogen) atoms. The first-order chi connectivity index (χ1) is 11.2. The molecule has 1 saturated heterocycles. The molecule has 0 aromatic rings. The highest BCUT2D eigenvalue weighted by atomic mass is 127. The van der Waals surface area contributed by atoms with Gasteiger partial charge in [0.05, 0.1) is 6.54 Å². The second-order valence-electron chi connectivity index (χ2n) is 6.46. The number of hydrogen-bond donors (Lipinski definition) is 2. The molecule has 1 fully saturated rings. The first-order valence-electron chi connectivity index (χ1n) is 9.72. The molecule has 0 bridgehead atoms. The Balaban J connectivity index is 0.00000529. The largest absolute Gasteiger partial charge is 0.357 e. The monoisotopic (exact) mass is 453 g/mol. The van der Waals surface area contributed by atoms with E-state index in [0.717, 1.165) is 32.1 Å². The minimum atomic E-state index is 0. The van der Waals surface area contributed by atoms with Crippen molar-refractivity contribution in [3.05, 3.63) is 0 Å². The average molecular weight is 453 g/mol. The highest BCUT2D eigenvalue weighted by Gasteiger charge is 2.19. The van der Waals surface area contributed by atoms with Gasteiger partial charge >= 0.3 is 0 Å². The van der Waals surface area contributed by atoms with Gasteiger partial charge in [-0.05, 0) is 52.2 Å². The number of piperidine rings is 1. The van der Waals surface area contributed by atoms with Crippen LogP contribution in [-0.4, -0.2) is 74.2 Å². The van der Waals surface area contributed by atoms with Gasteiger partial charge in [-0.25, -0.2) is 0 Å². The normalized spacial score (nSPS) is 17.0. The minimum Gasteiger partial charge on any atom is -0.357 e. The van der Waals surface area contributed by atoms with E-state index in [1.165, 1.54) is 51.9 Å². The Morgan fingerprint density at radius 2 is 1.79 bits per heavy atom. The molecule has 2 N–H and O–H groups in total. The zero-order valence-electron chi connectivity index (χ0n) is 16.3. The van der Waals surface area contributed by atoms with Gasteiger partial charge in [0.1, 0.15) is 0 Å². The Bertz CT molecular complexity index is 317. The molecule has 1 aliphatic rings. The Kier molecular flexibility index (Phi) is 15.1. The molecule has 0 aromatic carbocycles. The van der Waals surface area contributed by atoms with E-state index in [9.17, 15) is 0 Å². The Morgan fingerprint density at radius 1 is 1.08 bits per heavy atom. The molecule has 0 amide bonds. The van der Waals surface area contributed by atoms with Crippen LogP contribution < -0.4 is 10.6 Å². The van der Waals surface area contributed by atoms with Crippen molar-refractivity contribution in [1.82, 2.24) is 20.4 Å². The van der Waals surface area contributed by atoms with Crippen molar-refractivity contribution in [2.45, 2.75) is 59.4 Å². The number of rotatable bonds is 10. The fraction of sp³-hybridized carbons (Fsp3) is 0.944. The minimum absolute atomic E-state index is 0. The second-order valence-corrected chi connectivity index (χ2v) is 6.46. The van der Waals surface area contributed by atoms with Crippen LogP contribution in [0.5, 0.6) is 0 Å². The van der Waals surface area contributed by atoms with Crippen molar-refractivity contribution in [1.29, 1.82) is 0 Å². The molecule has 0 radical (unpaired) electrons. The molecule has 0 aromatic heterocycles. The smallest absolute Gasteiger partial charge is 0.191 e. The highest BCUT2D eigenvalue weighted by molar-refractivity contribution is 14.0. The van der Waals surface area contributed by atoms with E-state index in [-0.39, 0.29) is 24.0 Å². The highest BCUT2D eigenvalue weighted by Crippen LogP contribution is 2.10. The number of nitrogens with one attached hydrogen (secondary N) is 2. The predicted octanol–water partition coefficient (Wildman–Crippen LogP) is 2.77. The Labute approximate surface area is 167 Å². The number of likely N-dealkylation sites (N-methyl/N-ethyl adjacent to an activating group) is 1. The third-order valence-electron chi connectivity index (χ3n) is 4.49. The quantitative estimate of drug-likeness (QED) is 0.303. The maximum Gasteiger partial charge on any atom is 0.191 e. The number of hydrogen-bond acceptors (Lipinski definition) is 3. The molecule has 144 valence electrons. The van der Waals surface area contributed by atoms with Crippen molar-refractivity contribution in [3.63, 3.8) is 0 Å². The van der Waals surface area contributed by atoms with Gasteiger partial charge in [0.2, 0.25) is 0 Å². The van der Waals surface area contributed by atoms with Gasteiger partial charge in [0, 0.05) is 32.2 Å². The summed E-state index contributed by atoms with van der Waals surface area (Å²) in [5.41, 5.74) is 0. The Morgan fingerprint density at radius 3 is 2.33 bits per heavy atom. The second kappa shape index (κ2) is 15.2. The zero-order chi connectivity index (χ0) is 16.9. The van der Waals surface area contributed by atoms with E-state index in [0.29, 0.717) is 6.04 Å². The van der Waals surface area contributed by atoms with Crippen molar-refractivity contribution in [2.24, 2.45) is 4.99 Å². The predicted molar refractivity (Wildman–Crippen MR) is 117 cm³/mol. The molecule has 1 heterocycles. The van der Waals surface area contributed by atoms with Crippen LogP contribution in [0.4, 0.5) is 0 Å². The zero-order valence-corrected chi connectivity index (χ0v) is 18.6. The maximum absolute atomic E-state index is 4.77. The first-order valence-corrected chi connectivity index (χ1v) is 9.72. The number of halogens is 1. The topological polar surface area (TPSA) is 42.9 Å². The molecular weight excluding hydrogens is 413 g/mol. The lowest BCUT2D eigenvalue weighted by Gasteiger charge is -2.32. The van der Waals surface area contributed by atoms with Crippen molar-refractivity contribution < 1.29 is 0 Å². The molecule has 0 atom stereocenters. The molecule has 0 unspecified atom stereocenters. The Hall–Kier alpha value is -0.0800. The van der Waals surface area contributed by atoms with Gasteiger partial charge in [-0.2, -0.15) is 0 Å². The number of likely N-dealkylation sites (tertiary alicyclic amines) is 1. The summed E-state index contributed by atoms with van der Waals surface area (Å²) < 4.78 is 0. The molecule has 6 heteroatoms. The van der Waals surface area contributed by atoms with E-state index >= 15 is 0 Å². The van der Waals surface area contributed by atoms with Crippen molar-refractivity contribution >= 4 is 29.9 Å². The van der Waals surface area contributed by atoms with E-state index < -0.39 is 0 Å². The SMILES string of the molecule is CCCN(CC)CCN=C(NCC)NC1CCN(CCC)CC1.I. The van der Waals surface area contributed by atoms with E-state index in [4.69, 9.17) is 4.99 Å². The van der Waals surface area contributed by atoms with Crippen LogP contribution >= 0.6 is 24.0 Å². The lowest BCUT2D eigenvalue weighted by Crippen LogP contribution is -2.49. The molecule has 0 saturated carbocycles. The molecule has 1 aliphatic heterocycles. The summed E-state index contributed by atoms with van der Waals surface area (Å²) in [5, 5.41) is 7.03. The lowest BCUT2D eigenvalue weighted by molar-refractivity contribution is 0.206. The fourth-order valence-corrected chi connectivity index (χ4v) is 3.18. The van der Waals surface area contributed by atoms with Gasteiger partial charge in [-0.1, -0.05) is 20.8 Å². The van der Waals surface area contributed by atoms with Gasteiger partial charge in [-0.3, -0.25) is 4.99 Å². The van der Waals surface area contributed by atoms with Crippen LogP contribution in [0.25, 0.3) is 0 Å². The standard InChI is InChI=1S/C18H39N5.HI/c1-5-12-22(8-4)16-11-20-18(19-7-3)21-17-9-14-23(13-6-2)15-10-17;/h17H,5-16H2,1-4H3,(H2,19,20,21);1H. The molecular formula is C18H40IN5. The average Bonchev–Trinajstić information content (AvgIpc) is 2.56. The van der Waals surface area contributed by atoms with Crippen molar-refractivity contribution in [2.75, 3.05) is 52.4 Å². The van der Waals surface area contributed by atoms with Gasteiger partial charge in [-0.15, -0.1) is 24.0 Å². The molecule has 1 rings (SSSR count). The van der Waals surface area contributed by atoms with Gasteiger partial charge in [0.15, 0.2) is 5.96 Å². The van der Waals surface area contributed by atoms with Gasteiger partial charge < -0.3 is 20.4 Å². The van der Waals surface area contributed by atoms with Crippen LogP contribution in [0.15, 0.2) is 4.99 Å². The van der Waals surface area contributed by atoms with Crippen LogP contribution in [0, 0.1) is 0 Å². The molecule has 0 aliphatic carbocycles. The summed E-state index contributed by atoms with van der Waals surface area (Å²) in [7, 11) is 0. The summed E-state index contributed by atoms with van der Waals surface area (Å²) in [6.45, 7) is 17.7. The van der Waals surface area contributed by atoms with Crippen LogP contribution in [-0.2, 0) is 0 Å². The number of aliphatic imine (C=N–C) groups is 1. The summed E-state index contributed by atoms with van der Waals surface area (Å²) in [4.78, 5) is 9.82. The van der Waals surface area contributed by atoms with Crippen LogP contribution in [0.3, 0.4) is 0 Å². The van der Waals surface area contributed by atoms with Gasteiger partial charge in [0.25, 0.3) is 0 Å². The van der Waals surface area contributed by atoms with Crippen LogP contribution in [0.1, 0.15) is 53.4 Å². The first kappa shape index (κ1) is 23.9. The molecule has 5 nitrogen and oxygen atoms in total. The van der Waals surface area contributed by atoms with Crippen LogP contribution in [0.2, 0.25) is 0 Å². The summed E-state index contributed by atoms with van der Waals surface area (Å²) in [6.07, 6.45) is 4.92. The maximum atomic E-state index is 4.77. The third kappa shape index (κ3) is 10.0. The lowest BCUT2D eigenvalue weighted by atomic mass is 10.1. The third-order valence-corrected chi connectivity index (χ3v) is 4.49. The number of guanidine groups is 1. The van der Waals surface area contributed by atoms with E-state index in [1.807, 2.05) is 0 Å².